The average Bonchev–Trinajstić information content (AvgIpc) is 2.97. The van der Waals surface area contributed by atoms with Crippen LogP contribution in [0.3, 0.4) is 0 Å². The third-order valence-electron chi connectivity index (χ3n) is 3.68. The summed E-state index contributed by atoms with van der Waals surface area (Å²) in [4.78, 5) is 2.51. The average molecular weight is 278 g/mol. The highest BCUT2D eigenvalue weighted by atomic mass is 16.5. The molecule has 4 nitrogen and oxygen atoms in total. The van der Waals surface area contributed by atoms with E-state index in [1.54, 1.807) is 7.11 Å². The number of likely N-dealkylation sites (tertiary alicyclic amines) is 1. The van der Waals surface area contributed by atoms with Gasteiger partial charge in [-0.05, 0) is 57.1 Å². The summed E-state index contributed by atoms with van der Waals surface area (Å²) in [5.74, 6) is 1.66. The van der Waals surface area contributed by atoms with Gasteiger partial charge >= 0.3 is 0 Å². The van der Waals surface area contributed by atoms with Crippen LogP contribution in [0.25, 0.3) is 0 Å². The summed E-state index contributed by atoms with van der Waals surface area (Å²) in [6.07, 6.45) is 3.76. The number of ether oxygens (including phenoxy) is 2. The fourth-order valence-electron chi connectivity index (χ4n) is 2.62. The molecule has 0 radical (unpaired) electrons. The van der Waals surface area contributed by atoms with Crippen LogP contribution in [0, 0.1) is 0 Å². The van der Waals surface area contributed by atoms with Crippen LogP contribution in [0.1, 0.15) is 24.8 Å². The van der Waals surface area contributed by atoms with Gasteiger partial charge in [-0.15, -0.1) is 0 Å². The molecule has 0 atom stereocenters. The van der Waals surface area contributed by atoms with Crippen molar-refractivity contribution in [3.8, 4) is 11.5 Å². The molecule has 0 amide bonds. The molecule has 1 aromatic rings. The van der Waals surface area contributed by atoms with E-state index in [4.69, 9.17) is 9.47 Å². The minimum absolute atomic E-state index is 0.746. The molecule has 4 heteroatoms. The van der Waals surface area contributed by atoms with Gasteiger partial charge in [-0.2, -0.15) is 0 Å². The van der Waals surface area contributed by atoms with Crippen LogP contribution >= 0.6 is 0 Å². The molecule has 0 unspecified atom stereocenters. The van der Waals surface area contributed by atoms with E-state index in [0.29, 0.717) is 0 Å². The topological polar surface area (TPSA) is 33.7 Å². The van der Waals surface area contributed by atoms with Crippen LogP contribution in [0.15, 0.2) is 18.2 Å². The first-order chi connectivity index (χ1) is 9.83. The summed E-state index contributed by atoms with van der Waals surface area (Å²) in [6.45, 7) is 5.23. The van der Waals surface area contributed by atoms with Gasteiger partial charge in [0, 0.05) is 13.1 Å². The van der Waals surface area contributed by atoms with Gasteiger partial charge in [-0.25, -0.2) is 0 Å². The fourth-order valence-corrected chi connectivity index (χ4v) is 2.62. The highest BCUT2D eigenvalue weighted by Gasteiger charge is 2.11. The van der Waals surface area contributed by atoms with Gasteiger partial charge in [0.15, 0.2) is 11.5 Å². The number of hydrogen-bond donors (Lipinski definition) is 1. The van der Waals surface area contributed by atoms with Gasteiger partial charge in [-0.1, -0.05) is 6.07 Å². The van der Waals surface area contributed by atoms with Gasteiger partial charge in [0.05, 0.1) is 13.7 Å². The van der Waals surface area contributed by atoms with E-state index in [1.807, 2.05) is 13.1 Å². The molecule has 1 N–H and O–H groups in total. The van der Waals surface area contributed by atoms with Gasteiger partial charge in [0.1, 0.15) is 0 Å². The third-order valence-corrected chi connectivity index (χ3v) is 3.68. The zero-order valence-electron chi connectivity index (χ0n) is 12.7. The smallest absolute Gasteiger partial charge is 0.161 e. The lowest BCUT2D eigenvalue weighted by molar-refractivity contribution is 0.254. The molecular formula is C16H26N2O2. The number of benzene rings is 1. The van der Waals surface area contributed by atoms with E-state index in [2.05, 4.69) is 22.3 Å². The summed E-state index contributed by atoms with van der Waals surface area (Å²) >= 11 is 0. The Labute approximate surface area is 122 Å². The van der Waals surface area contributed by atoms with Crippen molar-refractivity contribution in [1.82, 2.24) is 10.2 Å². The molecule has 1 aromatic carbocycles. The van der Waals surface area contributed by atoms with Crippen LogP contribution in [0.2, 0.25) is 0 Å². The Bertz CT molecular complexity index is 403. The molecule has 0 aliphatic carbocycles. The molecule has 20 heavy (non-hydrogen) atoms. The Hall–Kier alpha value is -1.26. The molecule has 2 rings (SSSR count). The maximum atomic E-state index is 5.90. The summed E-state index contributed by atoms with van der Waals surface area (Å²) in [6, 6.07) is 6.10. The first-order valence-corrected chi connectivity index (χ1v) is 7.50. The molecule has 1 heterocycles. The Kier molecular flexibility index (Phi) is 6.15. The summed E-state index contributed by atoms with van der Waals surface area (Å²) in [5, 5.41) is 3.15. The zero-order valence-corrected chi connectivity index (χ0v) is 12.7. The second kappa shape index (κ2) is 8.12. The fraction of sp³-hybridized carbons (Fsp3) is 0.625. The largest absolute Gasteiger partial charge is 0.493 e. The van der Waals surface area contributed by atoms with Crippen molar-refractivity contribution in [1.29, 1.82) is 0 Å². The molecular weight excluding hydrogens is 252 g/mol. The van der Waals surface area contributed by atoms with Crippen LogP contribution < -0.4 is 14.8 Å². The number of rotatable bonds is 8. The van der Waals surface area contributed by atoms with E-state index in [-0.39, 0.29) is 0 Å². The number of hydrogen-bond acceptors (Lipinski definition) is 4. The maximum absolute atomic E-state index is 5.90. The predicted octanol–water partition coefficient (Wildman–Crippen LogP) is 2.28. The summed E-state index contributed by atoms with van der Waals surface area (Å²) < 4.78 is 11.2. The maximum Gasteiger partial charge on any atom is 0.161 e. The molecule has 0 bridgehead atoms. The quantitative estimate of drug-likeness (QED) is 0.740. The highest BCUT2D eigenvalue weighted by Crippen LogP contribution is 2.28. The first-order valence-electron chi connectivity index (χ1n) is 7.50. The monoisotopic (exact) mass is 278 g/mol. The molecule has 112 valence electrons. The molecule has 1 aliphatic heterocycles. The van der Waals surface area contributed by atoms with Crippen LogP contribution in [-0.2, 0) is 6.54 Å². The minimum atomic E-state index is 0.746. The molecule has 0 saturated carbocycles. The summed E-state index contributed by atoms with van der Waals surface area (Å²) in [7, 11) is 3.63. The van der Waals surface area contributed by atoms with E-state index in [0.717, 1.165) is 37.6 Å². The Morgan fingerprint density at radius 3 is 2.70 bits per heavy atom. The van der Waals surface area contributed by atoms with Gasteiger partial charge in [0.2, 0.25) is 0 Å². The lowest BCUT2D eigenvalue weighted by Gasteiger charge is -2.16. The van der Waals surface area contributed by atoms with Gasteiger partial charge in [0.25, 0.3) is 0 Å². The van der Waals surface area contributed by atoms with Gasteiger partial charge < -0.3 is 19.7 Å². The third kappa shape index (κ3) is 4.39. The van der Waals surface area contributed by atoms with Crippen molar-refractivity contribution in [2.75, 3.05) is 40.4 Å². The van der Waals surface area contributed by atoms with E-state index in [1.165, 1.54) is 31.5 Å². The Balaban J connectivity index is 1.81. The molecule has 0 spiro atoms. The van der Waals surface area contributed by atoms with Crippen molar-refractivity contribution < 1.29 is 9.47 Å². The first kappa shape index (κ1) is 15.1. The number of methoxy groups -OCH3 is 1. The SMILES string of the molecule is CNCc1ccc(OC)c(OCCCN2CCCC2)c1. The molecule has 1 aliphatic rings. The predicted molar refractivity (Wildman–Crippen MR) is 81.5 cm³/mol. The summed E-state index contributed by atoms with van der Waals surface area (Å²) in [5.41, 5.74) is 1.21. The van der Waals surface area contributed by atoms with E-state index < -0.39 is 0 Å². The number of nitrogens with zero attached hydrogens (tertiary/aromatic N) is 1. The van der Waals surface area contributed by atoms with Gasteiger partial charge in [-0.3, -0.25) is 0 Å². The van der Waals surface area contributed by atoms with Crippen LogP contribution in [0.4, 0.5) is 0 Å². The van der Waals surface area contributed by atoms with Crippen LogP contribution in [-0.4, -0.2) is 45.3 Å². The second-order valence-electron chi connectivity index (χ2n) is 5.27. The zero-order chi connectivity index (χ0) is 14.2. The van der Waals surface area contributed by atoms with Crippen molar-refractivity contribution in [2.45, 2.75) is 25.8 Å². The highest BCUT2D eigenvalue weighted by molar-refractivity contribution is 5.42. The van der Waals surface area contributed by atoms with Crippen LogP contribution in [0.5, 0.6) is 11.5 Å². The van der Waals surface area contributed by atoms with Crippen molar-refractivity contribution in [2.24, 2.45) is 0 Å². The van der Waals surface area contributed by atoms with Crippen molar-refractivity contribution >= 4 is 0 Å². The Morgan fingerprint density at radius 1 is 1.20 bits per heavy atom. The lowest BCUT2D eigenvalue weighted by Crippen LogP contribution is -2.22. The van der Waals surface area contributed by atoms with E-state index in [9.17, 15) is 0 Å². The standard InChI is InChI=1S/C16H26N2O2/c1-17-13-14-6-7-15(19-2)16(12-14)20-11-5-10-18-8-3-4-9-18/h6-7,12,17H,3-5,8-11,13H2,1-2H3. The molecule has 1 fully saturated rings. The van der Waals surface area contributed by atoms with Crippen molar-refractivity contribution in [3.05, 3.63) is 23.8 Å². The van der Waals surface area contributed by atoms with E-state index >= 15 is 0 Å². The minimum Gasteiger partial charge on any atom is -0.493 e. The van der Waals surface area contributed by atoms with Crippen molar-refractivity contribution in [3.63, 3.8) is 0 Å². The lowest BCUT2D eigenvalue weighted by atomic mass is 10.2. The molecule has 1 saturated heterocycles. The normalized spacial score (nSPS) is 15.5. The molecule has 0 aromatic heterocycles. The Morgan fingerprint density at radius 2 is 2.00 bits per heavy atom. The number of nitrogens with one attached hydrogen (secondary N) is 1. The second-order valence-corrected chi connectivity index (χ2v) is 5.27.